The van der Waals surface area contributed by atoms with Crippen LogP contribution in [0.25, 0.3) is 0 Å². The van der Waals surface area contributed by atoms with Gasteiger partial charge in [-0.05, 0) is 12.8 Å². The van der Waals surface area contributed by atoms with Gasteiger partial charge in [0.05, 0.1) is 6.61 Å². The molecule has 0 aromatic heterocycles. The number of esters is 2. The Balaban J connectivity index is 3.34. The van der Waals surface area contributed by atoms with E-state index in [2.05, 4.69) is 11.7 Å². The Bertz CT molecular complexity index is 384. The van der Waals surface area contributed by atoms with E-state index in [9.17, 15) is 22.8 Å². The van der Waals surface area contributed by atoms with Crippen LogP contribution in [0.3, 0.4) is 0 Å². The maximum atomic E-state index is 11.9. The van der Waals surface area contributed by atoms with Gasteiger partial charge >= 0.3 is 18.1 Å². The van der Waals surface area contributed by atoms with E-state index in [4.69, 9.17) is 4.74 Å². The number of rotatable bonds is 17. The van der Waals surface area contributed by atoms with Gasteiger partial charge in [-0.1, -0.05) is 71.1 Å². The minimum absolute atomic E-state index is 0.0130. The zero-order valence-corrected chi connectivity index (χ0v) is 16.6. The van der Waals surface area contributed by atoms with Crippen LogP contribution >= 0.6 is 0 Å². The molecule has 0 fully saturated rings. The molecule has 0 saturated heterocycles. The van der Waals surface area contributed by atoms with Crippen molar-refractivity contribution in [1.29, 1.82) is 0 Å². The van der Waals surface area contributed by atoms with E-state index in [1.54, 1.807) is 0 Å². The number of hydrogen-bond donors (Lipinski definition) is 0. The van der Waals surface area contributed by atoms with Crippen LogP contribution in [-0.2, 0) is 19.1 Å². The van der Waals surface area contributed by atoms with Crippen LogP contribution in [-0.4, -0.2) is 31.3 Å². The molecular weight excluding hydrogens is 361 g/mol. The molecule has 0 aliphatic heterocycles. The topological polar surface area (TPSA) is 52.6 Å². The summed E-state index contributed by atoms with van der Waals surface area (Å²) in [6.45, 7) is 0.986. The second kappa shape index (κ2) is 16.9. The molecule has 0 aliphatic rings. The molecule has 0 aliphatic carbocycles. The molecule has 27 heavy (non-hydrogen) atoms. The second-order valence-electron chi connectivity index (χ2n) is 6.89. The molecule has 0 aromatic carbocycles. The molecule has 0 amide bonds. The Labute approximate surface area is 161 Å². The molecule has 0 N–H and O–H groups in total. The van der Waals surface area contributed by atoms with Gasteiger partial charge in [0, 0.05) is 12.8 Å². The lowest BCUT2D eigenvalue weighted by molar-refractivity contribution is -0.186. The summed E-state index contributed by atoms with van der Waals surface area (Å²) < 4.78 is 44.7. The molecule has 7 heteroatoms. The van der Waals surface area contributed by atoms with E-state index in [0.717, 1.165) is 19.3 Å². The Kier molecular flexibility index (Phi) is 16.1. The van der Waals surface area contributed by atoms with Crippen LogP contribution in [0, 0.1) is 0 Å². The first-order valence-corrected chi connectivity index (χ1v) is 10.2. The summed E-state index contributed by atoms with van der Waals surface area (Å²) in [6, 6.07) is 0. The molecule has 0 rings (SSSR count). The highest BCUT2D eigenvalue weighted by Crippen LogP contribution is 2.15. The van der Waals surface area contributed by atoms with Crippen LogP contribution in [0.2, 0.25) is 0 Å². The van der Waals surface area contributed by atoms with E-state index in [-0.39, 0.29) is 19.3 Å². The predicted octanol–water partition coefficient (Wildman–Crippen LogP) is 6.12. The molecule has 0 spiro atoms. The molecule has 0 atom stereocenters. The first-order chi connectivity index (χ1) is 12.8. The molecular formula is C20H35F3O4. The van der Waals surface area contributed by atoms with E-state index in [1.807, 2.05) is 0 Å². The van der Waals surface area contributed by atoms with Crippen molar-refractivity contribution in [2.75, 3.05) is 13.2 Å². The van der Waals surface area contributed by atoms with Gasteiger partial charge in [0.25, 0.3) is 0 Å². The minimum Gasteiger partial charge on any atom is -0.466 e. The zero-order chi connectivity index (χ0) is 20.4. The van der Waals surface area contributed by atoms with Crippen LogP contribution in [0.1, 0.15) is 96.8 Å². The number of halogens is 3. The predicted molar refractivity (Wildman–Crippen MR) is 98.3 cm³/mol. The summed E-state index contributed by atoms with van der Waals surface area (Å²) in [5.41, 5.74) is 0. The van der Waals surface area contributed by atoms with Crippen LogP contribution in [0.15, 0.2) is 0 Å². The standard InChI is InChI=1S/C20H35F3O4/c1-2-3-4-5-6-7-8-9-10-11-12-16-26-18(24)14-13-15-19(25)27-17-20(21,22)23/h2-17H2,1H3. The summed E-state index contributed by atoms with van der Waals surface area (Å²) in [5.74, 6) is -1.38. The summed E-state index contributed by atoms with van der Waals surface area (Å²) in [4.78, 5) is 22.5. The first kappa shape index (κ1) is 25.7. The highest BCUT2D eigenvalue weighted by atomic mass is 19.4. The normalized spacial score (nSPS) is 11.4. The smallest absolute Gasteiger partial charge is 0.422 e. The van der Waals surface area contributed by atoms with E-state index >= 15 is 0 Å². The largest absolute Gasteiger partial charge is 0.466 e. The number of ether oxygens (including phenoxy) is 2. The lowest BCUT2D eigenvalue weighted by atomic mass is 10.1. The summed E-state index contributed by atoms with van der Waals surface area (Å²) in [7, 11) is 0. The van der Waals surface area contributed by atoms with Gasteiger partial charge in [-0.25, -0.2) is 0 Å². The lowest BCUT2D eigenvalue weighted by Crippen LogP contribution is -2.20. The van der Waals surface area contributed by atoms with Gasteiger partial charge in [-0.15, -0.1) is 0 Å². The Morgan fingerprint density at radius 3 is 1.59 bits per heavy atom. The minimum atomic E-state index is -4.52. The number of unbranched alkanes of at least 4 members (excludes halogenated alkanes) is 10. The molecule has 4 nitrogen and oxygen atoms in total. The summed E-state index contributed by atoms with van der Waals surface area (Å²) in [5, 5.41) is 0. The fourth-order valence-corrected chi connectivity index (χ4v) is 2.64. The molecule has 160 valence electrons. The highest BCUT2D eigenvalue weighted by molar-refractivity contribution is 5.72. The molecule has 0 bridgehead atoms. The van der Waals surface area contributed by atoms with Crippen LogP contribution < -0.4 is 0 Å². The van der Waals surface area contributed by atoms with Crippen molar-refractivity contribution >= 4 is 11.9 Å². The third-order valence-electron chi connectivity index (χ3n) is 4.17. The summed E-state index contributed by atoms with van der Waals surface area (Å²) >= 11 is 0. The first-order valence-electron chi connectivity index (χ1n) is 10.2. The average molecular weight is 396 g/mol. The zero-order valence-electron chi connectivity index (χ0n) is 16.6. The monoisotopic (exact) mass is 396 g/mol. The van der Waals surface area contributed by atoms with Gasteiger partial charge in [-0.3, -0.25) is 9.59 Å². The van der Waals surface area contributed by atoms with Gasteiger partial charge in [0.15, 0.2) is 6.61 Å². The van der Waals surface area contributed by atoms with Crippen molar-refractivity contribution < 1.29 is 32.2 Å². The number of alkyl halides is 3. The Morgan fingerprint density at radius 2 is 1.11 bits per heavy atom. The fraction of sp³-hybridized carbons (Fsp3) is 0.900. The lowest BCUT2D eigenvalue weighted by Gasteiger charge is -2.08. The molecule has 0 heterocycles. The second-order valence-corrected chi connectivity index (χ2v) is 6.89. The fourth-order valence-electron chi connectivity index (χ4n) is 2.64. The Morgan fingerprint density at radius 1 is 0.667 bits per heavy atom. The third-order valence-corrected chi connectivity index (χ3v) is 4.17. The van der Waals surface area contributed by atoms with Crippen molar-refractivity contribution in [3.8, 4) is 0 Å². The Hall–Kier alpha value is -1.27. The van der Waals surface area contributed by atoms with E-state index in [1.165, 1.54) is 51.4 Å². The van der Waals surface area contributed by atoms with Gasteiger partial charge in [-0.2, -0.15) is 13.2 Å². The number of carbonyl (C=O) groups is 2. The van der Waals surface area contributed by atoms with Crippen LogP contribution in [0.5, 0.6) is 0 Å². The van der Waals surface area contributed by atoms with E-state index in [0.29, 0.717) is 6.61 Å². The molecule has 0 unspecified atom stereocenters. The van der Waals surface area contributed by atoms with E-state index < -0.39 is 24.7 Å². The van der Waals surface area contributed by atoms with Crippen molar-refractivity contribution in [1.82, 2.24) is 0 Å². The van der Waals surface area contributed by atoms with Gasteiger partial charge in [0.1, 0.15) is 0 Å². The van der Waals surface area contributed by atoms with Gasteiger partial charge in [0.2, 0.25) is 0 Å². The number of carbonyl (C=O) groups excluding carboxylic acids is 2. The van der Waals surface area contributed by atoms with Crippen LogP contribution in [0.4, 0.5) is 13.2 Å². The van der Waals surface area contributed by atoms with Crippen molar-refractivity contribution in [3.05, 3.63) is 0 Å². The maximum Gasteiger partial charge on any atom is 0.422 e. The highest BCUT2D eigenvalue weighted by Gasteiger charge is 2.29. The molecule has 0 radical (unpaired) electrons. The molecule has 0 aromatic rings. The maximum absolute atomic E-state index is 11.9. The van der Waals surface area contributed by atoms with Crippen molar-refractivity contribution in [2.24, 2.45) is 0 Å². The van der Waals surface area contributed by atoms with Gasteiger partial charge < -0.3 is 9.47 Å². The van der Waals surface area contributed by atoms with Crippen molar-refractivity contribution in [3.63, 3.8) is 0 Å². The number of hydrogen-bond acceptors (Lipinski definition) is 4. The molecule has 0 saturated carbocycles. The summed E-state index contributed by atoms with van der Waals surface area (Å²) in [6.07, 6.45) is 8.75. The van der Waals surface area contributed by atoms with Crippen molar-refractivity contribution in [2.45, 2.75) is 103 Å². The third kappa shape index (κ3) is 20.9. The SMILES string of the molecule is CCCCCCCCCCCCCOC(=O)CCCC(=O)OCC(F)(F)F. The quantitative estimate of drug-likeness (QED) is 0.220. The average Bonchev–Trinajstić information content (AvgIpc) is 2.60.